The molecule has 1 amide bonds. The van der Waals surface area contributed by atoms with Crippen molar-refractivity contribution in [2.75, 3.05) is 7.11 Å². The molecule has 0 aromatic heterocycles. The summed E-state index contributed by atoms with van der Waals surface area (Å²) in [5.74, 6) is -0.363. The van der Waals surface area contributed by atoms with Gasteiger partial charge in [-0.3, -0.25) is 14.6 Å². The minimum Gasteiger partial charge on any atom is -0.504 e. The number of nitrogens with zero attached hydrogens (tertiary/aromatic N) is 2. The van der Waals surface area contributed by atoms with Crippen molar-refractivity contribution >= 4 is 18.4 Å². The van der Waals surface area contributed by atoms with Crippen molar-refractivity contribution in [2.24, 2.45) is 4.99 Å². The molecule has 0 aromatic rings. The van der Waals surface area contributed by atoms with E-state index in [4.69, 9.17) is 4.74 Å². The third kappa shape index (κ3) is 3.06. The first-order chi connectivity index (χ1) is 10.6. The number of carbonyl (C=O) groups excluding carboxylic acids is 2. The highest BCUT2D eigenvalue weighted by Gasteiger charge is 2.32. The molecule has 1 unspecified atom stereocenters. The van der Waals surface area contributed by atoms with Gasteiger partial charge < -0.3 is 14.7 Å². The topological polar surface area (TPSA) is 79.2 Å². The average Bonchev–Trinajstić information content (AvgIpc) is 2.95. The minimum atomic E-state index is -0.298. The van der Waals surface area contributed by atoms with Gasteiger partial charge in [0, 0.05) is 18.5 Å². The molecule has 2 rings (SSSR count). The van der Waals surface area contributed by atoms with Crippen LogP contribution >= 0.6 is 0 Å². The Balaban J connectivity index is 2.30. The second-order valence-electron chi connectivity index (χ2n) is 4.65. The Hall–Kier alpha value is -2.89. The molecule has 0 radical (unpaired) electrons. The van der Waals surface area contributed by atoms with E-state index >= 15 is 0 Å². The molecule has 2 aliphatic rings. The number of amides is 1. The Labute approximate surface area is 128 Å². The molecule has 0 saturated heterocycles. The van der Waals surface area contributed by atoms with E-state index in [0.29, 0.717) is 12.7 Å². The summed E-state index contributed by atoms with van der Waals surface area (Å²) in [5.41, 5.74) is 1.02. The van der Waals surface area contributed by atoms with Gasteiger partial charge in [-0.15, -0.1) is 0 Å². The number of ether oxygens (including phenoxy) is 1. The van der Waals surface area contributed by atoms with Crippen LogP contribution in [-0.2, 0) is 14.3 Å². The average molecular weight is 300 g/mol. The van der Waals surface area contributed by atoms with Gasteiger partial charge in [0.2, 0.25) is 0 Å². The van der Waals surface area contributed by atoms with Crippen LogP contribution in [0, 0.1) is 0 Å². The Morgan fingerprint density at radius 2 is 2.36 bits per heavy atom. The molecule has 6 nitrogen and oxygen atoms in total. The number of methoxy groups -OCH3 is 1. The van der Waals surface area contributed by atoms with Crippen LogP contribution in [0.5, 0.6) is 0 Å². The van der Waals surface area contributed by atoms with Gasteiger partial charge in [-0.1, -0.05) is 12.7 Å². The molecule has 0 fully saturated rings. The summed E-state index contributed by atoms with van der Waals surface area (Å²) < 4.78 is 5.01. The van der Waals surface area contributed by atoms with Crippen LogP contribution < -0.4 is 0 Å². The van der Waals surface area contributed by atoms with Crippen molar-refractivity contribution < 1.29 is 19.4 Å². The van der Waals surface area contributed by atoms with E-state index in [0.717, 1.165) is 5.57 Å². The standard InChI is InChI=1S/C16H16N2O4/c1-3-14(20)15(22-2)8-13-16(21)18-10-11(5-4-6-19)7-12(18)9-17-13/h3-6,8-10,12,20H,1,7H2,2H3/b5-4+,13-8-,15-14-. The fourth-order valence-corrected chi connectivity index (χ4v) is 2.19. The highest BCUT2D eigenvalue weighted by molar-refractivity contribution is 6.00. The third-order valence-electron chi connectivity index (χ3n) is 3.27. The van der Waals surface area contributed by atoms with E-state index in [1.54, 1.807) is 23.4 Å². The molecule has 0 spiro atoms. The van der Waals surface area contributed by atoms with Crippen LogP contribution in [0.4, 0.5) is 0 Å². The Morgan fingerprint density at radius 1 is 1.59 bits per heavy atom. The van der Waals surface area contributed by atoms with Gasteiger partial charge in [0.1, 0.15) is 12.0 Å². The monoisotopic (exact) mass is 300 g/mol. The first-order valence-electron chi connectivity index (χ1n) is 6.61. The zero-order valence-corrected chi connectivity index (χ0v) is 12.1. The number of allylic oxidation sites excluding steroid dienone is 4. The van der Waals surface area contributed by atoms with Crippen molar-refractivity contribution in [1.29, 1.82) is 0 Å². The smallest absolute Gasteiger partial charge is 0.277 e. The van der Waals surface area contributed by atoms with Crippen molar-refractivity contribution in [1.82, 2.24) is 4.90 Å². The maximum Gasteiger partial charge on any atom is 0.277 e. The number of aliphatic imine (C=N–C) groups is 1. The van der Waals surface area contributed by atoms with Crippen molar-refractivity contribution in [3.05, 3.63) is 59.9 Å². The van der Waals surface area contributed by atoms with E-state index < -0.39 is 0 Å². The zero-order chi connectivity index (χ0) is 16.1. The molecule has 0 aromatic carbocycles. The van der Waals surface area contributed by atoms with Crippen molar-refractivity contribution in [3.8, 4) is 0 Å². The second kappa shape index (κ2) is 6.71. The van der Waals surface area contributed by atoms with Gasteiger partial charge in [0.25, 0.3) is 5.91 Å². The number of carbonyl (C=O) groups is 2. The van der Waals surface area contributed by atoms with Crippen LogP contribution in [0.15, 0.2) is 64.9 Å². The highest BCUT2D eigenvalue weighted by atomic mass is 16.5. The first-order valence-corrected chi connectivity index (χ1v) is 6.61. The van der Waals surface area contributed by atoms with E-state index in [1.165, 1.54) is 25.3 Å². The summed E-state index contributed by atoms with van der Waals surface area (Å²) in [7, 11) is 1.38. The summed E-state index contributed by atoms with van der Waals surface area (Å²) in [4.78, 5) is 28.4. The Kier molecular flexibility index (Phi) is 4.73. The summed E-state index contributed by atoms with van der Waals surface area (Å²) in [5, 5.41) is 9.62. The molecule has 2 aliphatic heterocycles. The predicted molar refractivity (Wildman–Crippen MR) is 82.0 cm³/mol. The molecule has 114 valence electrons. The maximum absolute atomic E-state index is 12.4. The molecular formula is C16H16N2O4. The highest BCUT2D eigenvalue weighted by Crippen LogP contribution is 2.27. The summed E-state index contributed by atoms with van der Waals surface area (Å²) >= 11 is 0. The van der Waals surface area contributed by atoms with E-state index in [2.05, 4.69) is 11.6 Å². The minimum absolute atomic E-state index is 0.109. The zero-order valence-electron chi connectivity index (χ0n) is 12.1. The van der Waals surface area contributed by atoms with Crippen LogP contribution in [0.1, 0.15) is 6.42 Å². The lowest BCUT2D eigenvalue weighted by Gasteiger charge is -2.24. The summed E-state index contributed by atoms with van der Waals surface area (Å²) in [6.07, 6.45) is 10.3. The van der Waals surface area contributed by atoms with Crippen LogP contribution in [-0.4, -0.2) is 41.6 Å². The van der Waals surface area contributed by atoms with E-state index in [-0.39, 0.29) is 29.2 Å². The molecule has 2 heterocycles. The molecule has 0 saturated carbocycles. The third-order valence-corrected chi connectivity index (χ3v) is 3.27. The number of aldehydes is 1. The SMILES string of the molecule is C=C/C(O)=C(\C=C1/N=CC2CC(/C=C/C=O)=CN2C1=O)OC. The number of aliphatic hydroxyl groups excluding tert-OH is 1. The molecule has 6 heteroatoms. The van der Waals surface area contributed by atoms with Gasteiger partial charge in [0.15, 0.2) is 11.5 Å². The van der Waals surface area contributed by atoms with Gasteiger partial charge >= 0.3 is 0 Å². The van der Waals surface area contributed by atoms with Crippen LogP contribution in [0.25, 0.3) is 0 Å². The Bertz CT molecular complexity index is 653. The van der Waals surface area contributed by atoms with Gasteiger partial charge in [-0.05, 0) is 24.1 Å². The lowest BCUT2D eigenvalue weighted by Crippen LogP contribution is -2.38. The molecule has 1 N–H and O–H groups in total. The second-order valence-corrected chi connectivity index (χ2v) is 4.65. The molecular weight excluding hydrogens is 284 g/mol. The van der Waals surface area contributed by atoms with Crippen LogP contribution in [0.3, 0.4) is 0 Å². The van der Waals surface area contributed by atoms with E-state index in [1.807, 2.05) is 0 Å². The lowest BCUT2D eigenvalue weighted by molar-refractivity contribution is -0.125. The molecule has 0 bridgehead atoms. The molecule has 22 heavy (non-hydrogen) atoms. The number of aliphatic hydroxyl groups is 1. The number of fused-ring (bicyclic) bond motifs is 1. The predicted octanol–water partition coefficient (Wildman–Crippen LogP) is 1.80. The quantitative estimate of drug-likeness (QED) is 0.363. The first kappa shape index (κ1) is 15.5. The fraction of sp³-hybridized carbons (Fsp3) is 0.188. The van der Waals surface area contributed by atoms with Gasteiger partial charge in [0.05, 0.1) is 13.2 Å². The number of hydrogen-bond donors (Lipinski definition) is 1. The van der Waals surface area contributed by atoms with E-state index in [9.17, 15) is 14.7 Å². The van der Waals surface area contributed by atoms with Crippen molar-refractivity contribution in [2.45, 2.75) is 12.5 Å². The van der Waals surface area contributed by atoms with Gasteiger partial charge in [-0.2, -0.15) is 0 Å². The normalized spacial score (nSPS) is 23.4. The van der Waals surface area contributed by atoms with Crippen molar-refractivity contribution in [3.63, 3.8) is 0 Å². The summed E-state index contributed by atoms with van der Waals surface area (Å²) in [6.45, 7) is 3.44. The Morgan fingerprint density at radius 3 is 3.00 bits per heavy atom. The fourth-order valence-electron chi connectivity index (χ4n) is 2.19. The lowest BCUT2D eigenvalue weighted by atomic mass is 10.1. The maximum atomic E-state index is 12.4. The molecule has 1 atom stereocenters. The van der Waals surface area contributed by atoms with Gasteiger partial charge in [-0.25, -0.2) is 0 Å². The summed E-state index contributed by atoms with van der Waals surface area (Å²) in [6, 6.07) is -0.154. The number of hydrogen-bond acceptors (Lipinski definition) is 5. The van der Waals surface area contributed by atoms with Crippen LogP contribution in [0.2, 0.25) is 0 Å². The largest absolute Gasteiger partial charge is 0.504 e. The molecule has 0 aliphatic carbocycles. The number of rotatable bonds is 5.